The molecule has 0 aliphatic carbocycles. The molecule has 1 unspecified atom stereocenters. The first-order valence-electron chi connectivity index (χ1n) is 9.28. The van der Waals surface area contributed by atoms with E-state index in [0.717, 1.165) is 12.8 Å². The van der Waals surface area contributed by atoms with Crippen molar-refractivity contribution in [1.29, 1.82) is 0 Å². The number of amides is 2. The molecule has 1 atom stereocenters. The second-order valence-electron chi connectivity index (χ2n) is 6.72. The van der Waals surface area contributed by atoms with Crippen LogP contribution in [-0.4, -0.2) is 43.7 Å². The topological polar surface area (TPSA) is 109 Å². The lowest BCUT2D eigenvalue weighted by Gasteiger charge is -2.24. The zero-order chi connectivity index (χ0) is 20.9. The number of rotatable bonds is 6. The minimum absolute atomic E-state index is 0.129. The summed E-state index contributed by atoms with van der Waals surface area (Å²) in [5.41, 5.74) is 0.456. The third kappa shape index (κ3) is 5.12. The fourth-order valence-electron chi connectivity index (χ4n) is 3.16. The van der Waals surface area contributed by atoms with Gasteiger partial charge in [-0.15, -0.1) is 0 Å². The minimum Gasteiger partial charge on any atom is -0.459 e. The first-order chi connectivity index (χ1) is 13.9. The maximum Gasteiger partial charge on any atom is 0.291 e. The van der Waals surface area contributed by atoms with Crippen LogP contribution in [0.25, 0.3) is 0 Å². The second-order valence-corrected chi connectivity index (χ2v) is 8.66. The van der Waals surface area contributed by atoms with Crippen LogP contribution in [0.3, 0.4) is 0 Å². The van der Waals surface area contributed by atoms with Gasteiger partial charge in [-0.25, -0.2) is 8.42 Å². The van der Waals surface area contributed by atoms with Crippen LogP contribution in [0.15, 0.2) is 64.6 Å². The molecule has 0 spiro atoms. The van der Waals surface area contributed by atoms with E-state index in [-0.39, 0.29) is 29.1 Å². The zero-order valence-electron chi connectivity index (χ0n) is 15.8. The predicted molar refractivity (Wildman–Crippen MR) is 108 cm³/mol. The van der Waals surface area contributed by atoms with Gasteiger partial charge < -0.3 is 15.1 Å². The van der Waals surface area contributed by atoms with Crippen LogP contribution >= 0.6 is 0 Å². The van der Waals surface area contributed by atoms with Gasteiger partial charge in [0.1, 0.15) is 0 Å². The van der Waals surface area contributed by atoms with E-state index < -0.39 is 15.9 Å². The first-order valence-corrected chi connectivity index (χ1v) is 10.7. The molecule has 154 valence electrons. The summed E-state index contributed by atoms with van der Waals surface area (Å²) in [5, 5.41) is 5.44. The summed E-state index contributed by atoms with van der Waals surface area (Å²) in [7, 11) is -3.72. The van der Waals surface area contributed by atoms with Crippen LogP contribution in [0.1, 0.15) is 29.8 Å². The standard InChI is InChI=1S/C20H23N3O5S/c1-2-19(24)21-16-6-3-4-12-23(14-16)29(26,27)17-10-8-15(9-11-17)22-20(25)18-7-5-13-28-18/h2,5,7-11,13,16H,1,3-4,6,12,14H2,(H,21,24)(H,22,25). The Balaban J connectivity index is 1.71. The summed E-state index contributed by atoms with van der Waals surface area (Å²) >= 11 is 0. The number of hydrogen-bond acceptors (Lipinski definition) is 5. The van der Waals surface area contributed by atoms with E-state index in [9.17, 15) is 18.0 Å². The van der Waals surface area contributed by atoms with Crippen molar-refractivity contribution >= 4 is 27.5 Å². The van der Waals surface area contributed by atoms with E-state index in [1.807, 2.05) is 0 Å². The Morgan fingerprint density at radius 3 is 2.59 bits per heavy atom. The van der Waals surface area contributed by atoms with Gasteiger partial charge >= 0.3 is 0 Å². The van der Waals surface area contributed by atoms with Crippen molar-refractivity contribution in [3.8, 4) is 0 Å². The Morgan fingerprint density at radius 2 is 1.93 bits per heavy atom. The van der Waals surface area contributed by atoms with Crippen LogP contribution in [0.5, 0.6) is 0 Å². The van der Waals surface area contributed by atoms with Crippen molar-refractivity contribution in [3.63, 3.8) is 0 Å². The Kier molecular flexibility index (Phi) is 6.50. The Labute approximate surface area is 169 Å². The highest BCUT2D eigenvalue weighted by Crippen LogP contribution is 2.22. The predicted octanol–water partition coefficient (Wildman–Crippen LogP) is 2.38. The fraction of sp³-hybridized carbons (Fsp3) is 0.300. The number of benzene rings is 1. The van der Waals surface area contributed by atoms with E-state index >= 15 is 0 Å². The van der Waals surface area contributed by atoms with E-state index in [1.54, 1.807) is 6.07 Å². The highest BCUT2D eigenvalue weighted by atomic mass is 32.2. The molecule has 1 aliphatic rings. The highest BCUT2D eigenvalue weighted by molar-refractivity contribution is 7.89. The number of carbonyl (C=O) groups excluding carboxylic acids is 2. The third-order valence-electron chi connectivity index (χ3n) is 4.66. The lowest BCUT2D eigenvalue weighted by molar-refractivity contribution is -0.117. The van der Waals surface area contributed by atoms with Crippen molar-refractivity contribution in [2.24, 2.45) is 0 Å². The van der Waals surface area contributed by atoms with Gasteiger partial charge in [0.05, 0.1) is 11.2 Å². The smallest absolute Gasteiger partial charge is 0.291 e. The summed E-state index contributed by atoms with van der Waals surface area (Å²) in [6, 6.07) is 8.85. The first kappa shape index (κ1) is 20.8. The molecule has 0 radical (unpaired) electrons. The molecular weight excluding hydrogens is 394 g/mol. The molecule has 1 saturated heterocycles. The molecule has 1 fully saturated rings. The van der Waals surface area contributed by atoms with E-state index in [1.165, 1.54) is 47.0 Å². The van der Waals surface area contributed by atoms with E-state index in [0.29, 0.717) is 18.7 Å². The largest absolute Gasteiger partial charge is 0.459 e. The minimum atomic E-state index is -3.72. The third-order valence-corrected chi connectivity index (χ3v) is 6.54. The highest BCUT2D eigenvalue weighted by Gasteiger charge is 2.29. The number of nitrogens with one attached hydrogen (secondary N) is 2. The molecule has 1 aliphatic heterocycles. The van der Waals surface area contributed by atoms with Gasteiger partial charge in [0.15, 0.2) is 5.76 Å². The Morgan fingerprint density at radius 1 is 1.17 bits per heavy atom. The van der Waals surface area contributed by atoms with Crippen LogP contribution in [0.2, 0.25) is 0 Å². The van der Waals surface area contributed by atoms with E-state index in [4.69, 9.17) is 4.42 Å². The molecule has 2 N–H and O–H groups in total. The summed E-state index contributed by atoms with van der Waals surface area (Å²) in [6.45, 7) is 4.03. The van der Waals surface area contributed by atoms with Gasteiger partial charge in [0.25, 0.3) is 5.91 Å². The second kappa shape index (κ2) is 9.06. The van der Waals surface area contributed by atoms with Crippen LogP contribution in [0, 0.1) is 0 Å². The maximum atomic E-state index is 13.1. The Bertz CT molecular complexity index is 968. The number of nitrogens with zero attached hydrogens (tertiary/aromatic N) is 1. The van der Waals surface area contributed by atoms with Crippen LogP contribution < -0.4 is 10.6 Å². The number of carbonyl (C=O) groups is 2. The molecule has 0 bridgehead atoms. The number of hydrogen-bond donors (Lipinski definition) is 2. The number of sulfonamides is 1. The molecular formula is C20H23N3O5S. The Hall–Kier alpha value is -2.91. The van der Waals surface area contributed by atoms with Crippen molar-refractivity contribution in [2.75, 3.05) is 18.4 Å². The molecule has 8 nitrogen and oxygen atoms in total. The monoisotopic (exact) mass is 417 g/mol. The van der Waals surface area contributed by atoms with Gasteiger partial charge in [0.2, 0.25) is 15.9 Å². The van der Waals surface area contributed by atoms with Crippen molar-refractivity contribution in [2.45, 2.75) is 30.2 Å². The van der Waals surface area contributed by atoms with Gasteiger partial charge in [0, 0.05) is 24.8 Å². The molecule has 1 aromatic carbocycles. The molecule has 2 heterocycles. The summed E-state index contributed by atoms with van der Waals surface area (Å²) in [6.07, 6.45) is 4.84. The quantitative estimate of drug-likeness (QED) is 0.702. The van der Waals surface area contributed by atoms with Gasteiger partial charge in [-0.3, -0.25) is 9.59 Å². The van der Waals surface area contributed by atoms with Gasteiger partial charge in [-0.2, -0.15) is 4.31 Å². The van der Waals surface area contributed by atoms with E-state index in [2.05, 4.69) is 17.2 Å². The lowest BCUT2D eigenvalue weighted by atomic mass is 10.1. The summed E-state index contributed by atoms with van der Waals surface area (Å²) in [4.78, 5) is 23.7. The van der Waals surface area contributed by atoms with Crippen molar-refractivity contribution in [3.05, 3.63) is 61.1 Å². The van der Waals surface area contributed by atoms with Crippen molar-refractivity contribution in [1.82, 2.24) is 9.62 Å². The van der Waals surface area contributed by atoms with Crippen molar-refractivity contribution < 1.29 is 22.4 Å². The normalized spacial score (nSPS) is 17.9. The van der Waals surface area contributed by atoms with Gasteiger partial charge in [-0.1, -0.05) is 13.0 Å². The average Bonchev–Trinajstić information content (AvgIpc) is 3.15. The molecule has 1 aromatic heterocycles. The number of furan rings is 1. The molecule has 29 heavy (non-hydrogen) atoms. The summed E-state index contributed by atoms with van der Waals surface area (Å²) in [5.74, 6) is -0.566. The van der Waals surface area contributed by atoms with Gasteiger partial charge in [-0.05, 0) is 55.3 Å². The SMILES string of the molecule is C=CC(=O)NC1CCCCN(S(=O)(=O)c2ccc(NC(=O)c3ccco3)cc2)C1. The molecule has 3 rings (SSSR count). The molecule has 2 aromatic rings. The average molecular weight is 417 g/mol. The number of anilines is 1. The van der Waals surface area contributed by atoms with Crippen LogP contribution in [-0.2, 0) is 14.8 Å². The lowest BCUT2D eigenvalue weighted by Crippen LogP contribution is -2.44. The molecule has 9 heteroatoms. The zero-order valence-corrected chi connectivity index (χ0v) is 16.7. The molecule has 0 saturated carbocycles. The summed E-state index contributed by atoms with van der Waals surface area (Å²) < 4.78 is 32.5. The maximum absolute atomic E-state index is 13.1. The van der Waals surface area contributed by atoms with Crippen LogP contribution in [0.4, 0.5) is 5.69 Å². The fourth-order valence-corrected chi connectivity index (χ4v) is 4.69. The molecule has 2 amide bonds.